The number of hydrogen-bond acceptors (Lipinski definition) is 3. The normalized spacial score (nSPS) is 12.1. The van der Waals surface area contributed by atoms with Gasteiger partial charge in [0.25, 0.3) is 0 Å². The maximum Gasteiger partial charge on any atom is 1.00 e. The molecule has 0 unspecified atom stereocenters. The Morgan fingerprint density at radius 3 is 1.58 bits per heavy atom. The first-order valence-electron chi connectivity index (χ1n) is 2.93. The zero-order valence-corrected chi connectivity index (χ0v) is 10.2. The van der Waals surface area contributed by atoms with Crippen LogP contribution >= 0.6 is 7.60 Å². The maximum absolute atomic E-state index is 10.1. The molecule has 0 aromatic heterocycles. The van der Waals surface area contributed by atoms with E-state index in [1.807, 2.05) is 19.6 Å². The average Bonchev–Trinajstić information content (AvgIpc) is 1.57. The van der Waals surface area contributed by atoms with E-state index in [2.05, 4.69) is 0 Å². The summed E-state index contributed by atoms with van der Waals surface area (Å²) >= 11 is 0. The molecule has 0 bridgehead atoms. The van der Waals surface area contributed by atoms with Gasteiger partial charge in [-0.25, -0.2) is 0 Å². The van der Waals surface area contributed by atoms with Crippen molar-refractivity contribution >= 4 is 15.7 Å². The summed E-state index contributed by atoms with van der Waals surface area (Å²) in [6.07, 6.45) is 0. The van der Waals surface area contributed by atoms with Crippen LogP contribution in [0.2, 0.25) is 19.6 Å². The molecule has 0 amide bonds. The fourth-order valence-electron chi connectivity index (χ4n) is 0.315. The van der Waals surface area contributed by atoms with Gasteiger partial charge in [0.15, 0.2) is 0 Å². The van der Waals surface area contributed by atoms with Crippen molar-refractivity contribution in [2.24, 2.45) is 0 Å². The Kier molecular flexibility index (Phi) is 10.6. The van der Waals surface area contributed by atoms with E-state index in [1.165, 1.54) is 5.70 Å². The first-order chi connectivity index (χ1) is 4.21. The molecule has 0 aromatic rings. The molecular weight excluding hydrogens is 181 g/mol. The molecule has 0 saturated heterocycles. The Morgan fingerprint density at radius 2 is 1.50 bits per heavy atom. The molecule has 0 atom stereocenters. The van der Waals surface area contributed by atoms with Crippen LogP contribution in [0.3, 0.4) is 0 Å². The molecule has 0 fully saturated rings. The molecule has 0 saturated carbocycles. The second kappa shape index (κ2) is 6.71. The minimum Gasteiger partial charge on any atom is -0.808 e. The second-order valence-corrected chi connectivity index (χ2v) is 9.66. The molecule has 0 radical (unpaired) electrons. The molecule has 60 valence electrons. The predicted octanol–water partition coefficient (Wildman–Crippen LogP) is -5.70. The van der Waals surface area contributed by atoms with E-state index in [0.717, 1.165) is 5.82 Å². The monoisotopic (exact) mass is 192 g/mol. The molecular formula is C5H11Li2O3PSi. The first-order valence-corrected chi connectivity index (χ1v) is 8.12. The van der Waals surface area contributed by atoms with Crippen LogP contribution in [0.4, 0.5) is 0 Å². The molecule has 7 heteroatoms. The van der Waals surface area contributed by atoms with Gasteiger partial charge in [0.2, 0.25) is 0 Å². The summed E-state index contributed by atoms with van der Waals surface area (Å²) in [6, 6.07) is 0. The maximum atomic E-state index is 10.1. The second-order valence-electron chi connectivity index (χ2n) is 3.22. The Hall–Kier alpha value is 1.30. The minimum absolute atomic E-state index is 0. The van der Waals surface area contributed by atoms with Crippen molar-refractivity contribution in [3.63, 3.8) is 0 Å². The van der Waals surface area contributed by atoms with Gasteiger partial charge < -0.3 is 14.4 Å². The summed E-state index contributed by atoms with van der Waals surface area (Å²) in [4.78, 5) is 20.2. The molecule has 12 heavy (non-hydrogen) atoms. The van der Waals surface area contributed by atoms with Crippen molar-refractivity contribution in [3.8, 4) is 0 Å². The van der Waals surface area contributed by atoms with Crippen LogP contribution in [0.1, 0.15) is 0 Å². The van der Waals surface area contributed by atoms with Gasteiger partial charge in [-0.15, -0.1) is 0 Å². The van der Waals surface area contributed by atoms with Gasteiger partial charge in [-0.3, -0.25) is 0 Å². The van der Waals surface area contributed by atoms with Crippen LogP contribution in [-0.4, -0.2) is 8.07 Å². The summed E-state index contributed by atoms with van der Waals surface area (Å²) in [7, 11) is -5.93. The molecule has 0 rings (SSSR count). The van der Waals surface area contributed by atoms with Crippen molar-refractivity contribution in [3.05, 3.63) is 11.5 Å². The zero-order valence-electron chi connectivity index (χ0n) is 8.33. The quantitative estimate of drug-likeness (QED) is 0.323. The molecule has 0 N–H and O–H groups in total. The summed E-state index contributed by atoms with van der Waals surface area (Å²) in [6.45, 7) is 5.87. The zero-order chi connectivity index (χ0) is 8.41. The van der Waals surface area contributed by atoms with E-state index in [-0.39, 0.29) is 37.7 Å². The average molecular weight is 192 g/mol. The van der Waals surface area contributed by atoms with Crippen LogP contribution in [0, 0.1) is 0 Å². The van der Waals surface area contributed by atoms with Crippen molar-refractivity contribution in [1.29, 1.82) is 0 Å². The molecule has 0 aromatic carbocycles. The molecule has 0 spiro atoms. The Bertz CT molecular complexity index is 184. The Balaban J connectivity index is -0.000000405. The van der Waals surface area contributed by atoms with Crippen molar-refractivity contribution in [2.45, 2.75) is 19.6 Å². The SMILES string of the molecule is C[Si](C)(C)C=CP(=O)([O-])[O-].[Li+].[Li+]. The summed E-state index contributed by atoms with van der Waals surface area (Å²) in [5.74, 6) is 0.777. The standard InChI is InChI=1S/C5H13O3PSi.2Li/c1-10(2,3)5-4-9(6,7)8;;/h4-5H,1-3H3,(H2,6,7,8);;/q;2*+1/p-2. The molecule has 0 aliphatic rings. The van der Waals surface area contributed by atoms with Gasteiger partial charge >= 0.3 is 37.7 Å². The minimum atomic E-state index is -4.41. The van der Waals surface area contributed by atoms with E-state index >= 15 is 0 Å². The van der Waals surface area contributed by atoms with E-state index in [0.29, 0.717) is 0 Å². The molecule has 0 aliphatic carbocycles. The van der Waals surface area contributed by atoms with E-state index in [4.69, 9.17) is 0 Å². The molecule has 3 nitrogen and oxygen atoms in total. The smallest absolute Gasteiger partial charge is 0.808 e. The van der Waals surface area contributed by atoms with Crippen LogP contribution in [0.25, 0.3) is 0 Å². The third kappa shape index (κ3) is 17.4. The molecule has 0 heterocycles. The van der Waals surface area contributed by atoms with Gasteiger partial charge in [0.05, 0.1) is 8.07 Å². The molecule has 0 aliphatic heterocycles. The van der Waals surface area contributed by atoms with Gasteiger partial charge in [0, 0.05) is 0 Å². The summed E-state index contributed by atoms with van der Waals surface area (Å²) in [5.41, 5.74) is 1.52. The topological polar surface area (TPSA) is 63.2 Å². The Labute approximate surface area is 98.5 Å². The van der Waals surface area contributed by atoms with Crippen molar-refractivity contribution in [1.82, 2.24) is 0 Å². The van der Waals surface area contributed by atoms with Gasteiger partial charge in [-0.05, 0) is 7.60 Å². The fraction of sp³-hybridized carbons (Fsp3) is 0.600. The first kappa shape index (κ1) is 19.0. The van der Waals surface area contributed by atoms with E-state index in [9.17, 15) is 14.4 Å². The van der Waals surface area contributed by atoms with Gasteiger partial charge in [0.1, 0.15) is 0 Å². The fourth-order valence-corrected chi connectivity index (χ4v) is 2.83. The van der Waals surface area contributed by atoms with Crippen LogP contribution in [-0.2, 0) is 4.57 Å². The third-order valence-electron chi connectivity index (χ3n) is 0.757. The van der Waals surface area contributed by atoms with Gasteiger partial charge in [-0.1, -0.05) is 31.2 Å². The summed E-state index contributed by atoms with van der Waals surface area (Å²) < 4.78 is 10.1. The van der Waals surface area contributed by atoms with Crippen LogP contribution < -0.4 is 47.5 Å². The van der Waals surface area contributed by atoms with Crippen LogP contribution in [0.15, 0.2) is 11.5 Å². The number of rotatable bonds is 2. The third-order valence-corrected chi connectivity index (χ3v) is 2.72. The Morgan fingerprint density at radius 1 is 1.17 bits per heavy atom. The van der Waals surface area contributed by atoms with E-state index < -0.39 is 15.7 Å². The predicted molar refractivity (Wildman–Crippen MR) is 40.1 cm³/mol. The number of hydrogen-bond donors (Lipinski definition) is 0. The van der Waals surface area contributed by atoms with Crippen molar-refractivity contribution < 1.29 is 52.1 Å². The van der Waals surface area contributed by atoms with Crippen LogP contribution in [0.5, 0.6) is 0 Å². The van der Waals surface area contributed by atoms with Crippen molar-refractivity contribution in [2.75, 3.05) is 0 Å². The van der Waals surface area contributed by atoms with E-state index in [1.54, 1.807) is 0 Å². The largest absolute Gasteiger partial charge is 1.00 e. The summed E-state index contributed by atoms with van der Waals surface area (Å²) in [5, 5.41) is 0. The van der Waals surface area contributed by atoms with Gasteiger partial charge in [-0.2, -0.15) is 0 Å².